The molecule has 1 nitrogen and oxygen atoms in total. The Bertz CT molecular complexity index is 321. The maximum atomic E-state index is 13.2. The monoisotopic (exact) mass is 229 g/mol. The Labute approximate surface area is 78.9 Å². The van der Waals surface area contributed by atoms with Gasteiger partial charge in [-0.1, -0.05) is 0 Å². The molecule has 0 saturated heterocycles. The number of anilines is 1. The van der Waals surface area contributed by atoms with Crippen molar-refractivity contribution in [1.29, 1.82) is 0 Å². The average Bonchev–Trinajstić information content (AvgIpc) is 2.79. The van der Waals surface area contributed by atoms with Gasteiger partial charge in [-0.2, -0.15) is 0 Å². The van der Waals surface area contributed by atoms with Crippen LogP contribution in [-0.4, -0.2) is 0 Å². The zero-order valence-electron chi connectivity index (χ0n) is 6.48. The summed E-state index contributed by atoms with van der Waals surface area (Å²) in [5.74, 6) is 0.277. The maximum absolute atomic E-state index is 13.2. The van der Waals surface area contributed by atoms with Crippen molar-refractivity contribution in [3.05, 3.63) is 28.0 Å². The van der Waals surface area contributed by atoms with Crippen molar-refractivity contribution < 1.29 is 4.39 Å². The Hall–Kier alpha value is -0.570. The quantitative estimate of drug-likeness (QED) is 0.737. The molecule has 0 heterocycles. The lowest BCUT2D eigenvalue weighted by molar-refractivity contribution is 0.610. The Kier molecular flexibility index (Phi) is 1.83. The van der Waals surface area contributed by atoms with Crippen molar-refractivity contribution in [3.8, 4) is 0 Å². The topological polar surface area (TPSA) is 26.0 Å². The number of halogens is 2. The van der Waals surface area contributed by atoms with Crippen LogP contribution in [0.3, 0.4) is 0 Å². The predicted molar refractivity (Wildman–Crippen MR) is 50.5 cm³/mol. The summed E-state index contributed by atoms with van der Waals surface area (Å²) in [5.41, 5.74) is 7.04. The van der Waals surface area contributed by atoms with Crippen LogP contribution in [0.25, 0.3) is 0 Å². The van der Waals surface area contributed by atoms with Crippen LogP contribution >= 0.6 is 15.9 Å². The second kappa shape index (κ2) is 2.73. The number of nitrogens with two attached hydrogens (primary N) is 1. The average molecular weight is 230 g/mol. The van der Waals surface area contributed by atoms with Gasteiger partial charge in [0.15, 0.2) is 0 Å². The molecule has 1 aliphatic carbocycles. The number of benzene rings is 1. The van der Waals surface area contributed by atoms with Crippen molar-refractivity contribution in [1.82, 2.24) is 0 Å². The second-order valence-corrected chi connectivity index (χ2v) is 4.02. The third-order valence-corrected chi connectivity index (χ3v) is 2.82. The zero-order chi connectivity index (χ0) is 8.72. The van der Waals surface area contributed by atoms with Crippen molar-refractivity contribution in [2.45, 2.75) is 18.8 Å². The summed E-state index contributed by atoms with van der Waals surface area (Å²) in [5, 5.41) is 0. The van der Waals surface area contributed by atoms with Crippen LogP contribution < -0.4 is 5.73 Å². The van der Waals surface area contributed by atoms with Crippen LogP contribution in [0.5, 0.6) is 0 Å². The summed E-state index contributed by atoms with van der Waals surface area (Å²) in [6, 6.07) is 3.18. The van der Waals surface area contributed by atoms with Crippen LogP contribution in [0.2, 0.25) is 0 Å². The number of hydrogen-bond donors (Lipinski definition) is 1. The molecular weight excluding hydrogens is 221 g/mol. The second-order valence-electron chi connectivity index (χ2n) is 3.17. The predicted octanol–water partition coefficient (Wildman–Crippen LogP) is 3.05. The molecule has 0 aliphatic heterocycles. The van der Waals surface area contributed by atoms with Crippen molar-refractivity contribution in [2.75, 3.05) is 5.73 Å². The first-order valence-corrected chi connectivity index (χ1v) is 4.72. The molecule has 2 N–H and O–H groups in total. The summed E-state index contributed by atoms with van der Waals surface area (Å²) in [4.78, 5) is 0. The van der Waals surface area contributed by atoms with E-state index in [2.05, 4.69) is 15.9 Å². The SMILES string of the molecule is Nc1cc(C2CC2)c(F)cc1Br. The summed E-state index contributed by atoms with van der Waals surface area (Å²) < 4.78 is 13.9. The highest BCUT2D eigenvalue weighted by Crippen LogP contribution is 2.42. The van der Waals surface area contributed by atoms with Crippen molar-refractivity contribution >= 4 is 21.6 Å². The molecule has 64 valence electrons. The molecule has 2 rings (SSSR count). The number of nitrogen functional groups attached to an aromatic ring is 1. The molecule has 0 amide bonds. The Morgan fingerprint density at radius 3 is 2.67 bits per heavy atom. The molecule has 0 bridgehead atoms. The minimum Gasteiger partial charge on any atom is -0.398 e. The lowest BCUT2D eigenvalue weighted by Gasteiger charge is -2.04. The van der Waals surface area contributed by atoms with Crippen molar-refractivity contribution in [3.63, 3.8) is 0 Å². The minimum atomic E-state index is -0.140. The Balaban J connectivity index is 2.47. The van der Waals surface area contributed by atoms with Gasteiger partial charge in [0.2, 0.25) is 0 Å². The molecule has 0 atom stereocenters. The molecule has 12 heavy (non-hydrogen) atoms. The highest BCUT2D eigenvalue weighted by Gasteiger charge is 2.26. The third kappa shape index (κ3) is 1.33. The van der Waals surface area contributed by atoms with E-state index in [0.717, 1.165) is 18.4 Å². The van der Waals surface area contributed by atoms with Gasteiger partial charge in [-0.3, -0.25) is 0 Å². The van der Waals surface area contributed by atoms with Gasteiger partial charge in [-0.15, -0.1) is 0 Å². The van der Waals surface area contributed by atoms with Gasteiger partial charge in [-0.25, -0.2) is 4.39 Å². The number of rotatable bonds is 1. The van der Waals surface area contributed by atoms with E-state index in [1.807, 2.05) is 0 Å². The van der Waals surface area contributed by atoms with E-state index in [9.17, 15) is 4.39 Å². The summed E-state index contributed by atoms with van der Waals surface area (Å²) >= 11 is 3.18. The van der Waals surface area contributed by atoms with Gasteiger partial charge in [-0.05, 0) is 52.4 Å². The summed E-state index contributed by atoms with van der Waals surface area (Å²) in [6.07, 6.45) is 2.19. The van der Waals surface area contributed by atoms with Crippen LogP contribution in [-0.2, 0) is 0 Å². The fourth-order valence-electron chi connectivity index (χ4n) is 1.29. The van der Waals surface area contributed by atoms with E-state index in [1.54, 1.807) is 6.07 Å². The molecule has 1 aromatic rings. The fourth-order valence-corrected chi connectivity index (χ4v) is 1.61. The van der Waals surface area contributed by atoms with Crippen molar-refractivity contribution in [2.24, 2.45) is 0 Å². The first-order valence-electron chi connectivity index (χ1n) is 3.93. The minimum absolute atomic E-state index is 0.140. The molecule has 1 aliphatic rings. The maximum Gasteiger partial charge on any atom is 0.127 e. The molecule has 0 aromatic heterocycles. The smallest absolute Gasteiger partial charge is 0.127 e. The molecule has 3 heteroatoms. The van der Waals surface area contributed by atoms with E-state index >= 15 is 0 Å². The standard InChI is InChI=1S/C9H9BrFN/c10-7-4-8(11)6(3-9(7)12)5-1-2-5/h3-5H,1-2,12H2. The van der Waals surface area contributed by atoms with E-state index in [1.165, 1.54) is 6.07 Å². The van der Waals surface area contributed by atoms with Gasteiger partial charge >= 0.3 is 0 Å². The largest absolute Gasteiger partial charge is 0.398 e. The molecule has 1 aromatic carbocycles. The van der Waals surface area contributed by atoms with Crippen LogP contribution in [0, 0.1) is 5.82 Å². The highest BCUT2D eigenvalue weighted by molar-refractivity contribution is 9.10. The van der Waals surface area contributed by atoms with E-state index in [4.69, 9.17) is 5.73 Å². The van der Waals surface area contributed by atoms with Gasteiger partial charge in [0.05, 0.1) is 0 Å². The van der Waals surface area contributed by atoms with E-state index in [-0.39, 0.29) is 5.82 Å². The summed E-state index contributed by atoms with van der Waals surface area (Å²) in [6.45, 7) is 0. The van der Waals surface area contributed by atoms with Gasteiger partial charge < -0.3 is 5.73 Å². The highest BCUT2D eigenvalue weighted by atomic mass is 79.9. The normalized spacial score (nSPS) is 16.5. The molecule has 0 spiro atoms. The van der Waals surface area contributed by atoms with Gasteiger partial charge in [0.25, 0.3) is 0 Å². The molecule has 0 radical (unpaired) electrons. The molecule has 1 fully saturated rings. The van der Waals surface area contributed by atoms with Crippen LogP contribution in [0.4, 0.5) is 10.1 Å². The lowest BCUT2D eigenvalue weighted by Crippen LogP contribution is -1.93. The van der Waals surface area contributed by atoms with E-state index < -0.39 is 0 Å². The summed E-state index contributed by atoms with van der Waals surface area (Å²) in [7, 11) is 0. The molecule has 0 unspecified atom stereocenters. The number of hydrogen-bond acceptors (Lipinski definition) is 1. The van der Waals surface area contributed by atoms with Crippen LogP contribution in [0.1, 0.15) is 24.3 Å². The van der Waals surface area contributed by atoms with Gasteiger partial charge in [0, 0.05) is 10.2 Å². The zero-order valence-corrected chi connectivity index (χ0v) is 8.07. The van der Waals surface area contributed by atoms with E-state index in [0.29, 0.717) is 16.1 Å². The van der Waals surface area contributed by atoms with Crippen LogP contribution in [0.15, 0.2) is 16.6 Å². The fraction of sp³-hybridized carbons (Fsp3) is 0.333. The Morgan fingerprint density at radius 1 is 1.42 bits per heavy atom. The molecular formula is C9H9BrFN. The third-order valence-electron chi connectivity index (χ3n) is 2.13. The first kappa shape index (κ1) is 8.05. The Morgan fingerprint density at radius 2 is 2.08 bits per heavy atom. The first-order chi connectivity index (χ1) is 5.68. The van der Waals surface area contributed by atoms with Gasteiger partial charge in [0.1, 0.15) is 5.82 Å². The lowest BCUT2D eigenvalue weighted by atomic mass is 10.1. The molecule has 1 saturated carbocycles.